The van der Waals surface area contributed by atoms with Crippen molar-refractivity contribution in [1.82, 2.24) is 25.2 Å². The van der Waals surface area contributed by atoms with E-state index in [2.05, 4.69) is 22.9 Å². The minimum atomic E-state index is -3.72. The maximum Gasteiger partial charge on any atom is 0.330 e. The lowest BCUT2D eigenvalue weighted by Gasteiger charge is -2.34. The van der Waals surface area contributed by atoms with Crippen LogP contribution in [0.5, 0.6) is 0 Å². The summed E-state index contributed by atoms with van der Waals surface area (Å²) in [7, 11) is -2.27. The lowest BCUT2D eigenvalue weighted by molar-refractivity contribution is -0.145. The molecule has 4 atom stereocenters. The third kappa shape index (κ3) is 8.81. The van der Waals surface area contributed by atoms with Crippen molar-refractivity contribution < 1.29 is 32.7 Å². The number of carbonyl (C=O) groups excluding carboxylic acids is 3. The number of allylic oxidation sites excluding steroid dienone is 1. The third-order valence-corrected chi connectivity index (χ3v) is 11.5. The summed E-state index contributed by atoms with van der Waals surface area (Å²) < 4.78 is 27.2. The fraction of sp³-hybridized carbons (Fsp3) is 0.667. The Bertz CT molecular complexity index is 1310. The molecule has 0 aromatic carbocycles. The van der Waals surface area contributed by atoms with Gasteiger partial charge in [-0.05, 0) is 49.0 Å². The Hall–Kier alpha value is -2.97. The number of likely N-dealkylation sites (tertiary alicyclic amines) is 1. The van der Waals surface area contributed by atoms with Gasteiger partial charge in [-0.15, -0.1) is 11.3 Å². The van der Waals surface area contributed by atoms with Crippen LogP contribution in [0, 0.1) is 11.3 Å². The fourth-order valence-corrected chi connectivity index (χ4v) is 7.69. The summed E-state index contributed by atoms with van der Waals surface area (Å²) >= 11 is 1.11. The first kappa shape index (κ1) is 35.5. The molecule has 12 nitrogen and oxygen atoms in total. The van der Waals surface area contributed by atoms with E-state index < -0.39 is 56.9 Å². The van der Waals surface area contributed by atoms with Crippen LogP contribution in [-0.2, 0) is 24.4 Å². The summed E-state index contributed by atoms with van der Waals surface area (Å²) in [6.45, 7) is 7.69. The van der Waals surface area contributed by atoms with Crippen molar-refractivity contribution in [3.8, 4) is 0 Å². The standard InChI is InChI=1S/C30H47N5O7S2/c1-6-7-8-9-10-13-21-18-30(21,27(38)39)33-26(37)22-14-11-16-35(22)24(36)19-31-28(40)32-23(29(2,3)4)20-34(5)44(41,42)25-15-12-17-43-25/h10,12-13,15,17,21-23H,6-9,11,14,16,18-20H2,1-5H3,(H,33,37)(H,38,39)(H2,31,32,40)/b13-10-/t21?,22-,23?,30+/m0/s1. The number of unbranched alkanes of at least 4 members (excludes halogenated alkanes) is 3. The summed E-state index contributed by atoms with van der Waals surface area (Å²) in [6, 6.07) is 1.14. The SMILES string of the molecule is CCCCC/C=C\C1C[C@]1(NC(=O)[C@@H]1CCCN1C(=O)CNC(=O)NC(CN(C)S(=O)(=O)c1cccs1)C(C)(C)C)C(=O)O. The maximum atomic E-state index is 13.2. The van der Waals surface area contributed by atoms with Gasteiger partial charge >= 0.3 is 12.0 Å². The van der Waals surface area contributed by atoms with Crippen molar-refractivity contribution in [3.05, 3.63) is 29.7 Å². The molecular weight excluding hydrogens is 606 g/mol. The number of carbonyl (C=O) groups is 4. The molecule has 246 valence electrons. The Morgan fingerprint density at radius 2 is 1.98 bits per heavy atom. The van der Waals surface area contributed by atoms with Gasteiger partial charge in [-0.1, -0.05) is 58.8 Å². The van der Waals surface area contributed by atoms with E-state index in [0.717, 1.165) is 37.0 Å². The number of hydrogen-bond acceptors (Lipinski definition) is 7. The zero-order valence-electron chi connectivity index (χ0n) is 26.3. The molecule has 2 heterocycles. The van der Waals surface area contributed by atoms with Gasteiger partial charge in [-0.3, -0.25) is 9.59 Å². The normalized spacial score (nSPS) is 22.6. The average Bonchev–Trinajstić information content (AvgIpc) is 3.34. The van der Waals surface area contributed by atoms with E-state index >= 15 is 0 Å². The van der Waals surface area contributed by atoms with Gasteiger partial charge in [-0.25, -0.2) is 18.0 Å². The van der Waals surface area contributed by atoms with E-state index in [1.54, 1.807) is 11.4 Å². The molecule has 1 aliphatic heterocycles. The molecule has 1 aromatic heterocycles. The number of sulfonamides is 1. The molecule has 0 bridgehead atoms. The Labute approximate surface area is 264 Å². The number of hydrogen-bond donors (Lipinski definition) is 4. The smallest absolute Gasteiger partial charge is 0.330 e. The summed E-state index contributed by atoms with van der Waals surface area (Å²) in [5.74, 6) is -2.36. The summed E-state index contributed by atoms with van der Waals surface area (Å²) in [5, 5.41) is 19.6. The van der Waals surface area contributed by atoms with Gasteiger partial charge in [0.2, 0.25) is 11.8 Å². The summed E-state index contributed by atoms with van der Waals surface area (Å²) in [5.41, 5.74) is -1.87. The number of amides is 4. The van der Waals surface area contributed by atoms with Crippen LogP contribution in [0.3, 0.4) is 0 Å². The van der Waals surface area contributed by atoms with Crippen LogP contribution in [-0.4, -0.2) is 90.8 Å². The fourth-order valence-electron chi connectivity index (χ4n) is 5.30. The third-order valence-electron chi connectivity index (χ3n) is 8.31. The Morgan fingerprint density at radius 3 is 2.59 bits per heavy atom. The van der Waals surface area contributed by atoms with Crippen molar-refractivity contribution >= 4 is 45.2 Å². The molecule has 4 amide bonds. The average molecular weight is 654 g/mol. The molecule has 2 aliphatic rings. The van der Waals surface area contributed by atoms with Crippen LogP contribution < -0.4 is 16.0 Å². The maximum absolute atomic E-state index is 13.2. The minimum Gasteiger partial charge on any atom is -0.479 e. The topological polar surface area (TPSA) is 165 Å². The van der Waals surface area contributed by atoms with Crippen LogP contribution >= 0.6 is 11.3 Å². The second-order valence-corrected chi connectivity index (χ2v) is 15.9. The van der Waals surface area contributed by atoms with Crippen LogP contribution in [0.2, 0.25) is 0 Å². The first-order chi connectivity index (χ1) is 20.6. The Kier molecular flexibility index (Phi) is 12.0. The predicted octanol–water partition coefficient (Wildman–Crippen LogP) is 3.17. The lowest BCUT2D eigenvalue weighted by Crippen LogP contribution is -2.56. The number of nitrogens with zero attached hydrogens (tertiary/aromatic N) is 2. The molecular formula is C30H47N5O7S2. The van der Waals surface area contributed by atoms with Crippen molar-refractivity contribution in [2.24, 2.45) is 11.3 Å². The van der Waals surface area contributed by atoms with E-state index in [1.165, 1.54) is 22.3 Å². The van der Waals surface area contributed by atoms with Crippen LogP contribution in [0.25, 0.3) is 0 Å². The highest BCUT2D eigenvalue weighted by molar-refractivity contribution is 7.91. The number of nitrogens with one attached hydrogen (secondary N) is 3. The molecule has 0 spiro atoms. The van der Waals surface area contributed by atoms with Crippen molar-refractivity contribution in [2.45, 2.75) is 94.5 Å². The van der Waals surface area contributed by atoms with Gasteiger partial charge in [0.1, 0.15) is 15.8 Å². The summed E-state index contributed by atoms with van der Waals surface area (Å²) in [6.07, 6.45) is 9.22. The first-order valence-electron chi connectivity index (χ1n) is 15.2. The van der Waals surface area contributed by atoms with Gasteiger partial charge < -0.3 is 26.0 Å². The molecule has 1 saturated heterocycles. The second kappa shape index (κ2) is 14.9. The van der Waals surface area contributed by atoms with Gasteiger partial charge in [0.25, 0.3) is 10.0 Å². The quantitative estimate of drug-likeness (QED) is 0.167. The Balaban J connectivity index is 1.55. The van der Waals surface area contributed by atoms with E-state index in [9.17, 15) is 32.7 Å². The van der Waals surface area contributed by atoms with Crippen LogP contribution in [0.1, 0.15) is 72.6 Å². The van der Waals surface area contributed by atoms with Crippen molar-refractivity contribution in [2.75, 3.05) is 26.7 Å². The molecule has 0 radical (unpaired) electrons. The first-order valence-corrected chi connectivity index (χ1v) is 17.5. The van der Waals surface area contributed by atoms with Gasteiger partial charge in [0.15, 0.2) is 0 Å². The molecule has 1 aromatic rings. The molecule has 1 saturated carbocycles. The van der Waals surface area contributed by atoms with E-state index in [1.807, 2.05) is 32.9 Å². The van der Waals surface area contributed by atoms with Gasteiger partial charge in [0.05, 0.1) is 6.54 Å². The molecule has 14 heteroatoms. The molecule has 3 rings (SSSR count). The predicted molar refractivity (Wildman–Crippen MR) is 169 cm³/mol. The summed E-state index contributed by atoms with van der Waals surface area (Å²) in [4.78, 5) is 52.6. The number of carboxylic acid groups (broad SMARTS) is 1. The molecule has 2 fully saturated rings. The zero-order chi connectivity index (χ0) is 32.7. The second-order valence-electron chi connectivity index (χ2n) is 12.7. The number of carboxylic acids is 1. The van der Waals surface area contributed by atoms with Crippen LogP contribution in [0.4, 0.5) is 4.79 Å². The number of thiophene rings is 1. The van der Waals surface area contributed by atoms with E-state index in [0.29, 0.717) is 25.8 Å². The minimum absolute atomic E-state index is 0.0136. The number of rotatable bonds is 15. The van der Waals surface area contributed by atoms with Gasteiger partial charge in [-0.2, -0.15) is 4.31 Å². The van der Waals surface area contributed by atoms with Crippen molar-refractivity contribution in [3.63, 3.8) is 0 Å². The largest absolute Gasteiger partial charge is 0.479 e. The highest BCUT2D eigenvalue weighted by atomic mass is 32.2. The molecule has 4 N–H and O–H groups in total. The van der Waals surface area contributed by atoms with Crippen LogP contribution in [0.15, 0.2) is 33.9 Å². The number of urea groups is 1. The lowest BCUT2D eigenvalue weighted by atomic mass is 9.87. The van der Waals surface area contributed by atoms with Gasteiger partial charge in [0, 0.05) is 32.1 Å². The van der Waals surface area contributed by atoms with E-state index in [-0.39, 0.29) is 23.2 Å². The highest BCUT2D eigenvalue weighted by Crippen LogP contribution is 2.45. The molecule has 44 heavy (non-hydrogen) atoms. The number of aliphatic carboxylic acids is 1. The Morgan fingerprint density at radius 1 is 1.25 bits per heavy atom. The molecule has 2 unspecified atom stereocenters. The van der Waals surface area contributed by atoms with Crippen molar-refractivity contribution in [1.29, 1.82) is 0 Å². The van der Waals surface area contributed by atoms with E-state index in [4.69, 9.17) is 0 Å². The zero-order valence-corrected chi connectivity index (χ0v) is 27.9. The highest BCUT2D eigenvalue weighted by Gasteiger charge is 2.61. The molecule has 1 aliphatic carbocycles. The number of likely N-dealkylation sites (N-methyl/N-ethyl adjacent to an activating group) is 1. The monoisotopic (exact) mass is 653 g/mol.